The number of nitrogens with zero attached hydrogens (tertiary/aromatic N) is 2. The lowest BCUT2D eigenvalue weighted by molar-refractivity contribution is 0.660. The summed E-state index contributed by atoms with van der Waals surface area (Å²) in [5, 5.41) is 7.12. The first kappa shape index (κ1) is 13.4. The highest BCUT2D eigenvalue weighted by atomic mass is 79.9. The molecule has 1 aromatic heterocycles. The van der Waals surface area contributed by atoms with Crippen LogP contribution in [0.25, 0.3) is 0 Å². The van der Waals surface area contributed by atoms with Gasteiger partial charge in [-0.25, -0.2) is 9.89 Å². The second-order valence-corrected chi connectivity index (χ2v) is 5.54. The first-order valence-corrected chi connectivity index (χ1v) is 7.08. The number of aromatic nitrogens is 3. The summed E-state index contributed by atoms with van der Waals surface area (Å²) in [6, 6.07) is 5.89. The Balaban J connectivity index is 2.36. The number of halogens is 1. The number of H-pyrrole nitrogens is 1. The molecule has 3 N–H and O–H groups in total. The molecule has 0 bridgehead atoms. The average Bonchev–Trinajstić information content (AvgIpc) is 2.72. The van der Waals surface area contributed by atoms with Crippen molar-refractivity contribution >= 4 is 27.7 Å². The lowest BCUT2D eigenvalue weighted by atomic mass is 10.2. The van der Waals surface area contributed by atoms with Crippen molar-refractivity contribution in [1.29, 1.82) is 0 Å². The van der Waals surface area contributed by atoms with Crippen molar-refractivity contribution in [2.75, 3.05) is 0 Å². The fraction of sp³-hybridized carbons (Fsp3) is 0.273. The first-order chi connectivity index (χ1) is 8.65. The van der Waals surface area contributed by atoms with Gasteiger partial charge in [-0.15, -0.1) is 5.10 Å². The molecular weight excluding hydrogens is 316 g/mol. The van der Waals surface area contributed by atoms with Crippen molar-refractivity contribution in [1.82, 2.24) is 14.8 Å². The number of aromatic amines is 1. The predicted molar refractivity (Wildman–Crippen MR) is 74.7 cm³/mol. The van der Waals surface area contributed by atoms with Gasteiger partial charge in [0.15, 0.2) is 5.16 Å². The molecule has 0 saturated carbocycles. The monoisotopic (exact) mass is 328 g/mol. The minimum absolute atomic E-state index is 0.189. The molecule has 1 heterocycles. The summed E-state index contributed by atoms with van der Waals surface area (Å²) < 4.78 is 2.58. The van der Waals surface area contributed by atoms with Crippen LogP contribution in [0, 0.1) is 0 Å². The summed E-state index contributed by atoms with van der Waals surface area (Å²) in [7, 11) is 0. The smallest absolute Gasteiger partial charge is 0.326 e. The van der Waals surface area contributed by atoms with Crippen LogP contribution in [-0.4, -0.2) is 14.8 Å². The average molecular weight is 329 g/mol. The highest BCUT2D eigenvalue weighted by Gasteiger charge is 2.11. The van der Waals surface area contributed by atoms with E-state index in [1.807, 2.05) is 25.1 Å². The SMILES string of the molecule is CCn1c(Sc2ccc(Br)cc2CN)n[nH]c1=O. The van der Waals surface area contributed by atoms with Crippen molar-refractivity contribution in [2.45, 2.75) is 30.1 Å². The fourth-order valence-electron chi connectivity index (χ4n) is 1.57. The van der Waals surface area contributed by atoms with Gasteiger partial charge in [0.2, 0.25) is 0 Å². The van der Waals surface area contributed by atoms with Crippen molar-refractivity contribution in [3.8, 4) is 0 Å². The standard InChI is InChI=1S/C11H13BrN4OS/c1-2-16-10(17)14-15-11(16)18-9-4-3-8(12)5-7(9)6-13/h3-5H,2,6,13H2,1H3,(H,14,17). The van der Waals surface area contributed by atoms with E-state index in [1.165, 1.54) is 11.8 Å². The number of hydrogen-bond acceptors (Lipinski definition) is 4. The number of benzene rings is 1. The summed E-state index contributed by atoms with van der Waals surface area (Å²) in [5.74, 6) is 0. The van der Waals surface area contributed by atoms with Crippen LogP contribution in [0.15, 0.2) is 37.5 Å². The number of nitrogens with one attached hydrogen (secondary N) is 1. The van der Waals surface area contributed by atoms with Crippen LogP contribution < -0.4 is 11.4 Å². The lowest BCUT2D eigenvalue weighted by Gasteiger charge is -2.07. The Hall–Kier alpha value is -1.05. The maximum absolute atomic E-state index is 11.5. The van der Waals surface area contributed by atoms with E-state index in [0.29, 0.717) is 18.2 Å². The van der Waals surface area contributed by atoms with Gasteiger partial charge in [-0.1, -0.05) is 15.9 Å². The normalized spacial score (nSPS) is 10.8. The van der Waals surface area contributed by atoms with E-state index in [2.05, 4.69) is 26.1 Å². The molecule has 18 heavy (non-hydrogen) atoms. The molecule has 0 atom stereocenters. The van der Waals surface area contributed by atoms with E-state index in [0.717, 1.165) is 14.9 Å². The van der Waals surface area contributed by atoms with Crippen molar-refractivity contribution < 1.29 is 0 Å². The van der Waals surface area contributed by atoms with Gasteiger partial charge in [-0.3, -0.25) is 4.57 Å². The predicted octanol–water partition coefficient (Wildman–Crippen LogP) is 1.96. The van der Waals surface area contributed by atoms with Crippen LogP contribution in [-0.2, 0) is 13.1 Å². The molecule has 2 aromatic rings. The van der Waals surface area contributed by atoms with Crippen LogP contribution in [0.3, 0.4) is 0 Å². The summed E-state index contributed by atoms with van der Waals surface area (Å²) in [4.78, 5) is 12.5. The van der Waals surface area contributed by atoms with Gasteiger partial charge in [0.05, 0.1) is 0 Å². The fourth-order valence-corrected chi connectivity index (χ4v) is 2.99. The van der Waals surface area contributed by atoms with Gasteiger partial charge in [-0.05, 0) is 42.4 Å². The molecule has 7 heteroatoms. The van der Waals surface area contributed by atoms with Crippen molar-refractivity contribution in [3.05, 3.63) is 38.7 Å². The van der Waals surface area contributed by atoms with Gasteiger partial charge in [0, 0.05) is 22.5 Å². The Morgan fingerprint density at radius 2 is 2.33 bits per heavy atom. The van der Waals surface area contributed by atoms with Crippen LogP contribution in [0.5, 0.6) is 0 Å². The van der Waals surface area contributed by atoms with Crippen LogP contribution in [0.1, 0.15) is 12.5 Å². The third kappa shape index (κ3) is 2.68. The zero-order valence-corrected chi connectivity index (χ0v) is 12.2. The molecule has 0 radical (unpaired) electrons. The van der Waals surface area contributed by atoms with E-state index in [9.17, 15) is 4.79 Å². The molecule has 96 valence electrons. The molecule has 2 rings (SSSR count). The Labute approximate surface area is 117 Å². The molecule has 0 aliphatic carbocycles. The lowest BCUT2D eigenvalue weighted by Crippen LogP contribution is -2.16. The molecule has 1 aromatic carbocycles. The van der Waals surface area contributed by atoms with Crippen LogP contribution in [0.4, 0.5) is 0 Å². The van der Waals surface area contributed by atoms with Gasteiger partial charge in [0.25, 0.3) is 0 Å². The molecule has 0 aliphatic heterocycles. The quantitative estimate of drug-likeness (QED) is 0.899. The maximum Gasteiger partial charge on any atom is 0.343 e. The molecule has 0 fully saturated rings. The van der Waals surface area contributed by atoms with Crippen LogP contribution >= 0.6 is 27.7 Å². The summed E-state index contributed by atoms with van der Waals surface area (Å²) >= 11 is 4.85. The topological polar surface area (TPSA) is 76.7 Å². The Kier molecular flexibility index (Phi) is 4.26. The zero-order chi connectivity index (χ0) is 13.1. The minimum atomic E-state index is -0.189. The third-order valence-corrected chi connectivity index (χ3v) is 4.09. The molecule has 0 amide bonds. The highest BCUT2D eigenvalue weighted by Crippen LogP contribution is 2.30. The van der Waals surface area contributed by atoms with E-state index < -0.39 is 0 Å². The largest absolute Gasteiger partial charge is 0.343 e. The Bertz CT molecular complexity index is 607. The minimum Gasteiger partial charge on any atom is -0.326 e. The van der Waals surface area contributed by atoms with Gasteiger partial charge in [0.1, 0.15) is 0 Å². The Morgan fingerprint density at radius 1 is 1.56 bits per heavy atom. The second-order valence-electron chi connectivity index (χ2n) is 3.61. The number of nitrogens with two attached hydrogens (primary N) is 1. The number of hydrogen-bond donors (Lipinski definition) is 2. The second kappa shape index (κ2) is 5.73. The highest BCUT2D eigenvalue weighted by molar-refractivity contribution is 9.10. The molecule has 0 spiro atoms. The van der Waals surface area contributed by atoms with E-state index >= 15 is 0 Å². The summed E-state index contributed by atoms with van der Waals surface area (Å²) in [6.07, 6.45) is 0. The summed E-state index contributed by atoms with van der Waals surface area (Å²) in [6.45, 7) is 2.95. The van der Waals surface area contributed by atoms with E-state index in [4.69, 9.17) is 5.73 Å². The van der Waals surface area contributed by atoms with Crippen molar-refractivity contribution in [3.63, 3.8) is 0 Å². The van der Waals surface area contributed by atoms with Crippen LogP contribution in [0.2, 0.25) is 0 Å². The molecule has 5 nitrogen and oxygen atoms in total. The van der Waals surface area contributed by atoms with Crippen molar-refractivity contribution in [2.24, 2.45) is 5.73 Å². The third-order valence-electron chi connectivity index (χ3n) is 2.48. The molecule has 0 aliphatic rings. The van der Waals surface area contributed by atoms with Gasteiger partial charge in [-0.2, -0.15) is 0 Å². The Morgan fingerprint density at radius 3 is 3.00 bits per heavy atom. The van der Waals surface area contributed by atoms with Gasteiger partial charge < -0.3 is 5.73 Å². The van der Waals surface area contributed by atoms with E-state index in [-0.39, 0.29) is 5.69 Å². The van der Waals surface area contributed by atoms with Gasteiger partial charge >= 0.3 is 5.69 Å². The molecule has 0 unspecified atom stereocenters. The zero-order valence-electron chi connectivity index (χ0n) is 9.81. The molecule has 0 saturated heterocycles. The number of rotatable bonds is 4. The maximum atomic E-state index is 11.5. The van der Waals surface area contributed by atoms with E-state index in [1.54, 1.807) is 4.57 Å². The molecular formula is C11H13BrN4OS. The summed E-state index contributed by atoms with van der Waals surface area (Å²) in [5.41, 5.74) is 6.55. The first-order valence-electron chi connectivity index (χ1n) is 5.47.